The van der Waals surface area contributed by atoms with E-state index in [0.717, 1.165) is 25.7 Å². The van der Waals surface area contributed by atoms with Gasteiger partial charge in [0.2, 0.25) is 5.91 Å². The zero-order chi connectivity index (χ0) is 14.0. The number of hydrogen-bond acceptors (Lipinski definition) is 4. The van der Waals surface area contributed by atoms with Crippen LogP contribution in [0.15, 0.2) is 0 Å². The van der Waals surface area contributed by atoms with Crippen LogP contribution in [0.2, 0.25) is 0 Å². The number of nitrogens with zero attached hydrogens (tertiary/aromatic N) is 1. The van der Waals surface area contributed by atoms with E-state index in [4.69, 9.17) is 4.74 Å². The van der Waals surface area contributed by atoms with Crippen LogP contribution in [0.3, 0.4) is 0 Å². The number of aliphatic hydroxyl groups is 1. The van der Waals surface area contributed by atoms with Crippen molar-refractivity contribution >= 4 is 11.9 Å². The molecule has 0 aromatic heterocycles. The van der Waals surface area contributed by atoms with E-state index in [0.29, 0.717) is 0 Å². The summed E-state index contributed by atoms with van der Waals surface area (Å²) in [4.78, 5) is 26.0. The van der Waals surface area contributed by atoms with Crippen LogP contribution in [0.1, 0.15) is 45.4 Å². The fourth-order valence-electron chi connectivity index (χ4n) is 3.29. The third-order valence-corrected chi connectivity index (χ3v) is 4.49. The molecule has 19 heavy (non-hydrogen) atoms. The molecule has 1 aliphatic heterocycles. The Morgan fingerprint density at radius 1 is 1.26 bits per heavy atom. The van der Waals surface area contributed by atoms with Crippen LogP contribution in [0.5, 0.6) is 0 Å². The largest absolute Gasteiger partial charge is 0.467 e. The van der Waals surface area contributed by atoms with Gasteiger partial charge in [0, 0.05) is 18.4 Å². The summed E-state index contributed by atoms with van der Waals surface area (Å²) < 4.78 is 4.74. The maximum absolute atomic E-state index is 12.7. The highest BCUT2D eigenvalue weighted by Crippen LogP contribution is 2.39. The molecule has 1 aliphatic carbocycles. The van der Waals surface area contributed by atoms with Crippen molar-refractivity contribution in [2.24, 2.45) is 5.41 Å². The second kappa shape index (κ2) is 5.49. The Morgan fingerprint density at radius 3 is 2.47 bits per heavy atom. The van der Waals surface area contributed by atoms with Crippen LogP contribution >= 0.6 is 0 Å². The lowest BCUT2D eigenvalue weighted by Crippen LogP contribution is -2.48. The minimum Gasteiger partial charge on any atom is -0.467 e. The van der Waals surface area contributed by atoms with Crippen molar-refractivity contribution in [1.29, 1.82) is 0 Å². The van der Waals surface area contributed by atoms with Crippen molar-refractivity contribution < 1.29 is 19.4 Å². The Kier molecular flexibility index (Phi) is 4.13. The Hall–Kier alpha value is -1.10. The summed E-state index contributed by atoms with van der Waals surface area (Å²) in [6, 6.07) is -0.619. The monoisotopic (exact) mass is 269 g/mol. The lowest BCUT2D eigenvalue weighted by molar-refractivity contribution is -0.155. The maximum Gasteiger partial charge on any atom is 0.328 e. The number of β-amino-alcohol motifs (C(OH)–C–C–N with tert-alkyl or cyclic N) is 1. The quantitative estimate of drug-likeness (QED) is 0.762. The third-order valence-electron chi connectivity index (χ3n) is 4.49. The van der Waals surface area contributed by atoms with Gasteiger partial charge < -0.3 is 14.7 Å². The zero-order valence-corrected chi connectivity index (χ0v) is 11.7. The standard InChI is InChI=1S/C14H23NO4/c1-14(6-4-3-5-7-14)13(18)15-9-10(16)8-11(15)12(17)19-2/h10-11,16H,3-9H2,1-2H3. The van der Waals surface area contributed by atoms with Gasteiger partial charge in [-0.1, -0.05) is 26.2 Å². The predicted molar refractivity (Wildman–Crippen MR) is 69.3 cm³/mol. The van der Waals surface area contributed by atoms with Crippen LogP contribution in [0.25, 0.3) is 0 Å². The Bertz CT molecular complexity index is 362. The third kappa shape index (κ3) is 2.76. The number of carbonyl (C=O) groups excluding carboxylic acids is 2. The summed E-state index contributed by atoms with van der Waals surface area (Å²) in [5, 5.41) is 9.74. The molecule has 1 saturated carbocycles. The number of amides is 1. The summed E-state index contributed by atoms with van der Waals surface area (Å²) in [6.07, 6.45) is 4.68. The van der Waals surface area contributed by atoms with Gasteiger partial charge in [-0.3, -0.25) is 4.79 Å². The molecule has 108 valence electrons. The van der Waals surface area contributed by atoms with E-state index in [1.54, 1.807) is 0 Å². The van der Waals surface area contributed by atoms with E-state index in [1.807, 2.05) is 6.92 Å². The minimum absolute atomic E-state index is 0.000787. The molecule has 1 saturated heterocycles. The van der Waals surface area contributed by atoms with E-state index >= 15 is 0 Å². The highest BCUT2D eigenvalue weighted by atomic mass is 16.5. The van der Waals surface area contributed by atoms with Crippen LogP contribution in [0, 0.1) is 5.41 Å². The number of carbonyl (C=O) groups is 2. The number of hydrogen-bond donors (Lipinski definition) is 1. The van der Waals surface area contributed by atoms with Gasteiger partial charge in [-0.15, -0.1) is 0 Å². The highest BCUT2D eigenvalue weighted by Gasteiger charge is 2.46. The summed E-state index contributed by atoms with van der Waals surface area (Å²) in [5.74, 6) is -0.427. The predicted octanol–water partition coefficient (Wildman–Crippen LogP) is 1.09. The van der Waals surface area contributed by atoms with Gasteiger partial charge in [0.15, 0.2) is 0 Å². The molecule has 5 nitrogen and oxygen atoms in total. The Morgan fingerprint density at radius 2 is 1.89 bits per heavy atom. The van der Waals surface area contributed by atoms with E-state index < -0.39 is 18.1 Å². The lowest BCUT2D eigenvalue weighted by atomic mass is 9.74. The lowest BCUT2D eigenvalue weighted by Gasteiger charge is -2.37. The maximum atomic E-state index is 12.7. The molecule has 2 atom stereocenters. The van der Waals surface area contributed by atoms with Gasteiger partial charge in [0.25, 0.3) is 0 Å². The molecule has 0 bridgehead atoms. The number of rotatable bonds is 2. The SMILES string of the molecule is COC(=O)C1CC(O)CN1C(=O)C1(C)CCCCC1. The summed E-state index contributed by atoms with van der Waals surface area (Å²) in [7, 11) is 1.32. The minimum atomic E-state index is -0.625. The molecule has 0 radical (unpaired) electrons. The molecule has 5 heteroatoms. The van der Waals surface area contributed by atoms with Gasteiger partial charge in [-0.25, -0.2) is 4.79 Å². The summed E-state index contributed by atoms with van der Waals surface area (Å²) >= 11 is 0. The van der Waals surface area contributed by atoms with Crippen molar-refractivity contribution in [1.82, 2.24) is 4.90 Å². The van der Waals surface area contributed by atoms with Gasteiger partial charge in [0.05, 0.1) is 13.2 Å². The van der Waals surface area contributed by atoms with Crippen LogP contribution in [0.4, 0.5) is 0 Å². The molecule has 1 amide bonds. The molecular weight excluding hydrogens is 246 g/mol. The second-order valence-corrected chi connectivity index (χ2v) is 6.01. The van der Waals surface area contributed by atoms with Gasteiger partial charge in [-0.05, 0) is 12.8 Å². The number of likely N-dealkylation sites (tertiary alicyclic amines) is 1. The van der Waals surface area contributed by atoms with Crippen molar-refractivity contribution in [2.75, 3.05) is 13.7 Å². The topological polar surface area (TPSA) is 66.8 Å². The van der Waals surface area contributed by atoms with Crippen LogP contribution in [-0.4, -0.2) is 47.7 Å². The smallest absolute Gasteiger partial charge is 0.328 e. The number of esters is 1. The van der Waals surface area contributed by atoms with Crippen molar-refractivity contribution in [3.05, 3.63) is 0 Å². The second-order valence-electron chi connectivity index (χ2n) is 6.01. The van der Waals surface area contributed by atoms with Gasteiger partial charge in [0.1, 0.15) is 6.04 Å². The highest BCUT2D eigenvalue weighted by molar-refractivity contribution is 5.88. The summed E-state index contributed by atoms with van der Waals surface area (Å²) in [5.41, 5.74) is -0.380. The van der Waals surface area contributed by atoms with Crippen molar-refractivity contribution in [2.45, 2.75) is 57.6 Å². The first-order valence-corrected chi connectivity index (χ1v) is 7.05. The summed E-state index contributed by atoms with van der Waals surface area (Å²) in [6.45, 7) is 2.22. The number of ether oxygens (including phenoxy) is 1. The molecule has 1 N–H and O–H groups in total. The average molecular weight is 269 g/mol. The zero-order valence-electron chi connectivity index (χ0n) is 11.7. The van der Waals surface area contributed by atoms with Crippen molar-refractivity contribution in [3.8, 4) is 0 Å². The first-order valence-electron chi connectivity index (χ1n) is 7.05. The van der Waals surface area contributed by atoms with E-state index in [1.165, 1.54) is 18.4 Å². The normalized spacial score (nSPS) is 30.2. The fourth-order valence-corrected chi connectivity index (χ4v) is 3.29. The van der Waals surface area contributed by atoms with E-state index in [2.05, 4.69) is 0 Å². The Balaban J connectivity index is 2.14. The Labute approximate surface area is 113 Å². The van der Waals surface area contributed by atoms with E-state index in [-0.39, 0.29) is 24.3 Å². The first-order chi connectivity index (χ1) is 8.98. The molecule has 0 spiro atoms. The molecule has 2 unspecified atom stereocenters. The molecule has 2 aliphatic rings. The number of aliphatic hydroxyl groups excluding tert-OH is 1. The molecule has 0 aromatic carbocycles. The van der Waals surface area contributed by atoms with Crippen LogP contribution in [-0.2, 0) is 14.3 Å². The average Bonchev–Trinajstić information content (AvgIpc) is 2.79. The number of methoxy groups -OCH3 is 1. The molecule has 2 fully saturated rings. The molecule has 1 heterocycles. The van der Waals surface area contributed by atoms with E-state index in [9.17, 15) is 14.7 Å². The van der Waals surface area contributed by atoms with Crippen molar-refractivity contribution in [3.63, 3.8) is 0 Å². The van der Waals surface area contributed by atoms with Crippen LogP contribution < -0.4 is 0 Å². The molecule has 0 aromatic rings. The molecule has 2 rings (SSSR count). The van der Waals surface area contributed by atoms with Gasteiger partial charge >= 0.3 is 5.97 Å². The van der Waals surface area contributed by atoms with Gasteiger partial charge in [-0.2, -0.15) is 0 Å². The molecular formula is C14H23NO4. The fraction of sp³-hybridized carbons (Fsp3) is 0.857. The first kappa shape index (κ1) is 14.3.